The SMILES string of the molecule is CC(C)c1ccccc1NC(=O)OCC(Cl)(Cl)Cl. The van der Waals surface area contributed by atoms with Gasteiger partial charge in [-0.2, -0.15) is 0 Å². The van der Waals surface area contributed by atoms with Crippen molar-refractivity contribution < 1.29 is 9.53 Å². The van der Waals surface area contributed by atoms with Crippen molar-refractivity contribution in [3.05, 3.63) is 29.8 Å². The van der Waals surface area contributed by atoms with Crippen molar-refractivity contribution >= 4 is 46.6 Å². The van der Waals surface area contributed by atoms with Crippen molar-refractivity contribution in [3.63, 3.8) is 0 Å². The zero-order valence-corrected chi connectivity index (χ0v) is 12.3. The predicted molar refractivity (Wildman–Crippen MR) is 75.8 cm³/mol. The van der Waals surface area contributed by atoms with Crippen molar-refractivity contribution in [2.24, 2.45) is 0 Å². The van der Waals surface area contributed by atoms with E-state index in [0.717, 1.165) is 5.56 Å². The molecule has 0 aliphatic rings. The molecule has 0 atom stereocenters. The molecule has 0 heterocycles. The summed E-state index contributed by atoms with van der Waals surface area (Å²) in [6.07, 6.45) is -0.644. The lowest BCUT2D eigenvalue weighted by molar-refractivity contribution is 0.164. The molecule has 0 fully saturated rings. The van der Waals surface area contributed by atoms with Crippen molar-refractivity contribution in [3.8, 4) is 0 Å². The van der Waals surface area contributed by atoms with Gasteiger partial charge in [-0.15, -0.1) is 0 Å². The number of carbonyl (C=O) groups excluding carboxylic acids is 1. The third-order valence-corrected chi connectivity index (χ3v) is 2.51. The van der Waals surface area contributed by atoms with Crippen LogP contribution in [0, 0.1) is 0 Å². The number of ether oxygens (including phenoxy) is 1. The minimum Gasteiger partial charge on any atom is -0.445 e. The van der Waals surface area contributed by atoms with Gasteiger partial charge in [0.2, 0.25) is 3.79 Å². The van der Waals surface area contributed by atoms with Gasteiger partial charge in [0.15, 0.2) is 0 Å². The molecule has 0 spiro atoms. The van der Waals surface area contributed by atoms with E-state index in [1.165, 1.54) is 0 Å². The average molecular weight is 311 g/mol. The summed E-state index contributed by atoms with van der Waals surface area (Å²) in [5.41, 5.74) is 1.71. The summed E-state index contributed by atoms with van der Waals surface area (Å²) in [6.45, 7) is 3.77. The number of nitrogens with one attached hydrogen (secondary N) is 1. The van der Waals surface area contributed by atoms with Crippen LogP contribution in [0.25, 0.3) is 0 Å². The topological polar surface area (TPSA) is 38.3 Å². The quantitative estimate of drug-likeness (QED) is 0.820. The number of anilines is 1. The van der Waals surface area contributed by atoms with Crippen molar-refractivity contribution in [1.29, 1.82) is 0 Å². The first kappa shape index (κ1) is 15.4. The van der Waals surface area contributed by atoms with E-state index in [1.54, 1.807) is 6.07 Å². The number of benzene rings is 1. The molecule has 1 rings (SSSR count). The molecule has 1 aromatic carbocycles. The Morgan fingerprint density at radius 1 is 1.33 bits per heavy atom. The highest BCUT2D eigenvalue weighted by Crippen LogP contribution is 2.27. The summed E-state index contributed by atoms with van der Waals surface area (Å²) in [4.78, 5) is 11.5. The monoisotopic (exact) mass is 309 g/mol. The number of carbonyl (C=O) groups is 1. The molecule has 0 bridgehead atoms. The fourth-order valence-electron chi connectivity index (χ4n) is 1.41. The van der Waals surface area contributed by atoms with Crippen LogP contribution < -0.4 is 5.32 Å². The molecule has 3 nitrogen and oxygen atoms in total. The smallest absolute Gasteiger partial charge is 0.411 e. The molecule has 6 heteroatoms. The molecule has 0 aliphatic carbocycles. The van der Waals surface area contributed by atoms with E-state index >= 15 is 0 Å². The van der Waals surface area contributed by atoms with Crippen LogP contribution in [0.3, 0.4) is 0 Å². The Hall–Kier alpha value is -0.640. The van der Waals surface area contributed by atoms with Crippen LogP contribution >= 0.6 is 34.8 Å². The first-order valence-electron chi connectivity index (χ1n) is 5.39. The normalized spacial score (nSPS) is 11.4. The standard InChI is InChI=1S/C12H14Cl3NO2/c1-8(2)9-5-3-4-6-10(9)16-11(17)18-7-12(13,14)15/h3-6,8H,7H2,1-2H3,(H,16,17). The fraction of sp³-hybridized carbons (Fsp3) is 0.417. The Balaban J connectivity index is 2.65. The van der Waals surface area contributed by atoms with Gasteiger partial charge in [0.25, 0.3) is 0 Å². The summed E-state index contributed by atoms with van der Waals surface area (Å²) >= 11 is 16.5. The molecular formula is C12H14Cl3NO2. The van der Waals surface area contributed by atoms with Crippen LogP contribution in [-0.2, 0) is 4.74 Å². The maximum absolute atomic E-state index is 11.5. The summed E-state index contributed by atoms with van der Waals surface area (Å²) in [5.74, 6) is 0.287. The van der Waals surface area contributed by atoms with Crippen molar-refractivity contribution in [2.75, 3.05) is 11.9 Å². The van der Waals surface area contributed by atoms with E-state index in [4.69, 9.17) is 39.5 Å². The highest BCUT2D eigenvalue weighted by atomic mass is 35.6. The number of halogens is 3. The lowest BCUT2D eigenvalue weighted by Crippen LogP contribution is -2.21. The number of rotatable bonds is 3. The highest BCUT2D eigenvalue weighted by Gasteiger charge is 2.22. The maximum atomic E-state index is 11.5. The Kier molecular flexibility index (Phi) is 5.57. The first-order valence-corrected chi connectivity index (χ1v) is 6.52. The minimum atomic E-state index is -1.60. The van der Waals surface area contributed by atoms with Crippen LogP contribution in [0.5, 0.6) is 0 Å². The largest absolute Gasteiger partial charge is 0.445 e. The summed E-state index contributed by atoms with van der Waals surface area (Å²) in [6, 6.07) is 7.48. The van der Waals surface area contributed by atoms with Gasteiger partial charge in [0, 0.05) is 5.69 Å². The molecule has 1 aromatic rings. The number of para-hydroxylation sites is 1. The van der Waals surface area contributed by atoms with E-state index in [-0.39, 0.29) is 12.5 Å². The first-order chi connectivity index (χ1) is 8.29. The lowest BCUT2D eigenvalue weighted by atomic mass is 10.0. The zero-order chi connectivity index (χ0) is 13.8. The van der Waals surface area contributed by atoms with E-state index in [2.05, 4.69) is 5.32 Å². The molecule has 100 valence electrons. The molecule has 1 N–H and O–H groups in total. The number of hydrogen-bond acceptors (Lipinski definition) is 2. The van der Waals surface area contributed by atoms with E-state index in [0.29, 0.717) is 5.69 Å². The summed E-state index contributed by atoms with van der Waals surface area (Å²) in [5, 5.41) is 2.63. The van der Waals surface area contributed by atoms with Gasteiger partial charge in [0.1, 0.15) is 6.61 Å². The minimum absolute atomic E-state index is 0.287. The van der Waals surface area contributed by atoms with Crippen LogP contribution in [0.15, 0.2) is 24.3 Å². The van der Waals surface area contributed by atoms with Crippen LogP contribution in [0.2, 0.25) is 0 Å². The average Bonchev–Trinajstić information content (AvgIpc) is 2.26. The van der Waals surface area contributed by atoms with E-state index < -0.39 is 9.89 Å². The Labute approximate surface area is 121 Å². The van der Waals surface area contributed by atoms with Crippen molar-refractivity contribution in [1.82, 2.24) is 0 Å². The van der Waals surface area contributed by atoms with Crippen LogP contribution in [0.1, 0.15) is 25.3 Å². The Morgan fingerprint density at radius 3 is 2.50 bits per heavy atom. The molecule has 0 saturated heterocycles. The van der Waals surface area contributed by atoms with Gasteiger partial charge in [-0.05, 0) is 17.5 Å². The third-order valence-electron chi connectivity index (χ3n) is 2.19. The molecule has 18 heavy (non-hydrogen) atoms. The summed E-state index contributed by atoms with van der Waals surface area (Å²) < 4.78 is 3.20. The predicted octanol–water partition coefficient (Wildman–Crippen LogP) is 4.73. The lowest BCUT2D eigenvalue weighted by Gasteiger charge is -2.15. The van der Waals surface area contributed by atoms with Gasteiger partial charge in [-0.25, -0.2) is 4.79 Å². The molecule has 1 amide bonds. The number of alkyl halides is 3. The Morgan fingerprint density at radius 2 is 1.94 bits per heavy atom. The fourth-order valence-corrected chi connectivity index (χ4v) is 1.57. The maximum Gasteiger partial charge on any atom is 0.411 e. The van der Waals surface area contributed by atoms with Crippen LogP contribution in [-0.4, -0.2) is 16.5 Å². The highest BCUT2D eigenvalue weighted by molar-refractivity contribution is 6.67. The van der Waals surface area contributed by atoms with Gasteiger partial charge in [-0.1, -0.05) is 66.8 Å². The molecule has 0 aliphatic heterocycles. The second-order valence-electron chi connectivity index (χ2n) is 4.06. The zero-order valence-electron chi connectivity index (χ0n) is 10.0. The van der Waals surface area contributed by atoms with Gasteiger partial charge in [-0.3, -0.25) is 5.32 Å². The van der Waals surface area contributed by atoms with Gasteiger partial charge >= 0.3 is 6.09 Å². The molecule has 0 unspecified atom stereocenters. The van der Waals surface area contributed by atoms with Crippen LogP contribution in [0.4, 0.5) is 10.5 Å². The van der Waals surface area contributed by atoms with Crippen molar-refractivity contribution in [2.45, 2.75) is 23.6 Å². The summed E-state index contributed by atoms with van der Waals surface area (Å²) in [7, 11) is 0. The second-order valence-corrected chi connectivity index (χ2v) is 6.57. The number of hydrogen-bond donors (Lipinski definition) is 1. The Bertz CT molecular complexity index is 416. The van der Waals surface area contributed by atoms with E-state index in [9.17, 15) is 4.79 Å². The molecule has 0 radical (unpaired) electrons. The van der Waals surface area contributed by atoms with Gasteiger partial charge in [0.05, 0.1) is 0 Å². The van der Waals surface area contributed by atoms with E-state index in [1.807, 2.05) is 32.0 Å². The van der Waals surface area contributed by atoms with Gasteiger partial charge < -0.3 is 4.74 Å². The third kappa shape index (κ3) is 5.34. The molecule has 0 aromatic heterocycles. The number of amides is 1. The second kappa shape index (κ2) is 6.50. The molecular weight excluding hydrogens is 296 g/mol. The molecule has 0 saturated carbocycles.